The van der Waals surface area contributed by atoms with Gasteiger partial charge in [-0.3, -0.25) is 0 Å². The number of rotatable bonds is 0. The van der Waals surface area contributed by atoms with E-state index in [1.807, 2.05) is 12.1 Å². The number of phenols is 1. The van der Waals surface area contributed by atoms with E-state index < -0.39 is 0 Å². The first-order valence-corrected chi connectivity index (χ1v) is 6.08. The van der Waals surface area contributed by atoms with E-state index in [-0.39, 0.29) is 0 Å². The van der Waals surface area contributed by atoms with Crippen LogP contribution < -0.4 is 0 Å². The zero-order valence-electron chi connectivity index (χ0n) is 10.2. The van der Waals surface area contributed by atoms with Crippen molar-refractivity contribution in [2.75, 3.05) is 13.6 Å². The van der Waals surface area contributed by atoms with Crippen molar-refractivity contribution < 1.29 is 9.52 Å². The standard InChI is InChI=1S/C14H17NO2/c1-9-7-14-11(5-6-15(9)2)12-8-10(16)3-4-13(12)17-14/h3-4,8-9,16H,5-7H2,1-2H3. The van der Waals surface area contributed by atoms with Crippen molar-refractivity contribution in [3.8, 4) is 5.75 Å². The molecule has 3 heteroatoms. The maximum Gasteiger partial charge on any atom is 0.134 e. The van der Waals surface area contributed by atoms with Gasteiger partial charge in [0.05, 0.1) is 0 Å². The summed E-state index contributed by atoms with van der Waals surface area (Å²) in [5.41, 5.74) is 2.16. The number of phenolic OH excluding ortho intramolecular Hbond substituents is 1. The summed E-state index contributed by atoms with van der Waals surface area (Å²) in [5.74, 6) is 1.40. The number of hydrogen-bond acceptors (Lipinski definition) is 3. The molecule has 0 bridgehead atoms. The number of likely N-dealkylation sites (N-methyl/N-ethyl adjacent to an activating group) is 1. The second-order valence-electron chi connectivity index (χ2n) is 4.97. The molecular formula is C14H17NO2. The predicted octanol–water partition coefficient (Wildman–Crippen LogP) is 2.56. The highest BCUT2D eigenvalue weighted by atomic mass is 16.3. The van der Waals surface area contributed by atoms with E-state index in [0.717, 1.165) is 36.1 Å². The van der Waals surface area contributed by atoms with Gasteiger partial charge < -0.3 is 14.4 Å². The van der Waals surface area contributed by atoms with Crippen LogP contribution >= 0.6 is 0 Å². The number of benzene rings is 1. The first-order valence-electron chi connectivity index (χ1n) is 6.08. The number of furan rings is 1. The van der Waals surface area contributed by atoms with Crippen molar-refractivity contribution in [2.45, 2.75) is 25.8 Å². The highest BCUT2D eigenvalue weighted by Crippen LogP contribution is 2.32. The summed E-state index contributed by atoms with van der Waals surface area (Å²) in [7, 11) is 2.15. The molecule has 1 aromatic carbocycles. The van der Waals surface area contributed by atoms with Crippen LogP contribution in [0, 0.1) is 0 Å². The van der Waals surface area contributed by atoms with Crippen molar-refractivity contribution in [1.82, 2.24) is 4.90 Å². The molecule has 2 aromatic rings. The van der Waals surface area contributed by atoms with Gasteiger partial charge in [-0.1, -0.05) is 0 Å². The largest absolute Gasteiger partial charge is 0.508 e. The van der Waals surface area contributed by atoms with Crippen LogP contribution in [-0.2, 0) is 12.8 Å². The molecule has 1 aliphatic rings. The van der Waals surface area contributed by atoms with E-state index in [0.29, 0.717) is 11.8 Å². The monoisotopic (exact) mass is 231 g/mol. The summed E-state index contributed by atoms with van der Waals surface area (Å²) in [6, 6.07) is 5.85. The number of fused-ring (bicyclic) bond motifs is 3. The number of nitrogens with zero attached hydrogens (tertiary/aromatic N) is 1. The van der Waals surface area contributed by atoms with Gasteiger partial charge in [-0.2, -0.15) is 0 Å². The molecule has 1 atom stereocenters. The second-order valence-corrected chi connectivity index (χ2v) is 4.97. The Bertz CT molecular complexity index is 559. The average Bonchev–Trinajstić information content (AvgIpc) is 2.55. The zero-order chi connectivity index (χ0) is 12.0. The molecule has 0 amide bonds. The fourth-order valence-corrected chi connectivity index (χ4v) is 2.56. The van der Waals surface area contributed by atoms with Crippen LogP contribution in [0.4, 0.5) is 0 Å². The van der Waals surface area contributed by atoms with Crippen LogP contribution in [0.3, 0.4) is 0 Å². The van der Waals surface area contributed by atoms with Crippen LogP contribution in [0.25, 0.3) is 11.0 Å². The summed E-state index contributed by atoms with van der Waals surface area (Å²) < 4.78 is 5.91. The van der Waals surface area contributed by atoms with Crippen LogP contribution in [0.2, 0.25) is 0 Å². The molecule has 0 aliphatic carbocycles. The van der Waals surface area contributed by atoms with Gasteiger partial charge in [0.2, 0.25) is 0 Å². The highest BCUT2D eigenvalue weighted by molar-refractivity contribution is 5.83. The van der Waals surface area contributed by atoms with E-state index in [9.17, 15) is 5.11 Å². The first-order chi connectivity index (χ1) is 8.15. The van der Waals surface area contributed by atoms with E-state index >= 15 is 0 Å². The Hall–Kier alpha value is -1.48. The smallest absolute Gasteiger partial charge is 0.134 e. The highest BCUT2D eigenvalue weighted by Gasteiger charge is 2.22. The molecule has 17 heavy (non-hydrogen) atoms. The van der Waals surface area contributed by atoms with Gasteiger partial charge in [0, 0.05) is 30.0 Å². The van der Waals surface area contributed by atoms with Crippen LogP contribution in [-0.4, -0.2) is 29.6 Å². The molecule has 1 aliphatic heterocycles. The SMILES string of the molecule is CC1Cc2oc3ccc(O)cc3c2CCN1C. The van der Waals surface area contributed by atoms with Crippen molar-refractivity contribution in [3.05, 3.63) is 29.5 Å². The minimum Gasteiger partial charge on any atom is -0.508 e. The van der Waals surface area contributed by atoms with Crippen LogP contribution in [0.1, 0.15) is 18.2 Å². The summed E-state index contributed by atoms with van der Waals surface area (Å²) >= 11 is 0. The van der Waals surface area contributed by atoms with Crippen molar-refractivity contribution in [1.29, 1.82) is 0 Å². The Morgan fingerprint density at radius 2 is 2.24 bits per heavy atom. The fourth-order valence-electron chi connectivity index (χ4n) is 2.56. The third kappa shape index (κ3) is 1.71. The van der Waals surface area contributed by atoms with E-state index in [2.05, 4.69) is 18.9 Å². The number of aromatic hydroxyl groups is 1. The third-order valence-electron chi connectivity index (χ3n) is 3.81. The molecule has 90 valence electrons. The Morgan fingerprint density at radius 1 is 1.41 bits per heavy atom. The lowest BCUT2D eigenvalue weighted by molar-refractivity contribution is 0.262. The topological polar surface area (TPSA) is 36.6 Å². The molecule has 0 saturated heterocycles. The minimum atomic E-state index is 0.312. The number of hydrogen-bond donors (Lipinski definition) is 1. The Labute approximate surface area is 101 Å². The van der Waals surface area contributed by atoms with E-state index in [1.54, 1.807) is 6.07 Å². The maximum atomic E-state index is 9.57. The van der Waals surface area contributed by atoms with E-state index in [4.69, 9.17) is 4.42 Å². The second kappa shape index (κ2) is 3.77. The zero-order valence-corrected chi connectivity index (χ0v) is 10.2. The van der Waals surface area contributed by atoms with Gasteiger partial charge in [0.25, 0.3) is 0 Å². The first kappa shape index (κ1) is 10.7. The predicted molar refractivity (Wildman–Crippen MR) is 67.4 cm³/mol. The van der Waals surface area contributed by atoms with Gasteiger partial charge >= 0.3 is 0 Å². The minimum absolute atomic E-state index is 0.312. The normalized spacial score (nSPS) is 21.4. The molecule has 3 rings (SSSR count). The lowest BCUT2D eigenvalue weighted by Gasteiger charge is -2.20. The van der Waals surface area contributed by atoms with E-state index in [1.165, 1.54) is 5.56 Å². The van der Waals surface area contributed by atoms with Gasteiger partial charge in [0.1, 0.15) is 17.1 Å². The molecule has 0 radical (unpaired) electrons. The van der Waals surface area contributed by atoms with Gasteiger partial charge in [-0.25, -0.2) is 0 Å². The lowest BCUT2D eigenvalue weighted by Crippen LogP contribution is -2.30. The summed E-state index contributed by atoms with van der Waals surface area (Å²) in [4.78, 5) is 2.35. The van der Waals surface area contributed by atoms with Crippen LogP contribution in [0.15, 0.2) is 22.6 Å². The summed E-state index contributed by atoms with van der Waals surface area (Å²) in [6.45, 7) is 3.26. The average molecular weight is 231 g/mol. The quantitative estimate of drug-likeness (QED) is 0.757. The molecule has 1 N–H and O–H groups in total. The summed E-state index contributed by atoms with van der Waals surface area (Å²) in [5, 5.41) is 10.6. The summed E-state index contributed by atoms with van der Waals surface area (Å²) in [6.07, 6.45) is 1.94. The molecular weight excluding hydrogens is 214 g/mol. The molecule has 1 unspecified atom stereocenters. The third-order valence-corrected chi connectivity index (χ3v) is 3.81. The van der Waals surface area contributed by atoms with Crippen molar-refractivity contribution in [3.63, 3.8) is 0 Å². The Kier molecular flexibility index (Phi) is 2.37. The fraction of sp³-hybridized carbons (Fsp3) is 0.429. The lowest BCUT2D eigenvalue weighted by atomic mass is 10.1. The molecule has 0 spiro atoms. The van der Waals surface area contributed by atoms with Crippen molar-refractivity contribution in [2.24, 2.45) is 0 Å². The molecule has 3 nitrogen and oxygen atoms in total. The van der Waals surface area contributed by atoms with Gasteiger partial charge in [0.15, 0.2) is 0 Å². The Balaban J connectivity index is 2.15. The van der Waals surface area contributed by atoms with Gasteiger partial charge in [-0.15, -0.1) is 0 Å². The molecule has 1 aromatic heterocycles. The Morgan fingerprint density at radius 3 is 3.06 bits per heavy atom. The molecule has 2 heterocycles. The van der Waals surface area contributed by atoms with Crippen LogP contribution in [0.5, 0.6) is 5.75 Å². The maximum absolute atomic E-state index is 9.57. The molecule has 0 saturated carbocycles. The molecule has 0 fully saturated rings. The van der Waals surface area contributed by atoms with Crippen molar-refractivity contribution >= 4 is 11.0 Å². The van der Waals surface area contributed by atoms with Gasteiger partial charge in [-0.05, 0) is 38.6 Å².